The van der Waals surface area contributed by atoms with Crippen molar-refractivity contribution in [2.24, 2.45) is 5.92 Å². The Hall–Kier alpha value is -5.20. The molecule has 12 heteroatoms. The Labute approximate surface area is 319 Å². The molecule has 3 N–H and O–H groups in total. The summed E-state index contributed by atoms with van der Waals surface area (Å²) in [4.78, 5) is 29.8. The van der Waals surface area contributed by atoms with Crippen LogP contribution in [0.5, 0.6) is 11.6 Å². The number of aromatic nitrogens is 1. The fourth-order valence-corrected chi connectivity index (χ4v) is 7.66. The third-order valence-corrected chi connectivity index (χ3v) is 10.8. The largest absolute Gasteiger partial charge is 0.496 e. The molecule has 55 heavy (non-hydrogen) atoms. The zero-order chi connectivity index (χ0) is 39.4. The van der Waals surface area contributed by atoms with Crippen LogP contribution >= 0.6 is 0 Å². The Morgan fingerprint density at radius 3 is 2.35 bits per heavy atom. The number of carbonyl (C=O) groups is 2. The van der Waals surface area contributed by atoms with Gasteiger partial charge in [0.2, 0.25) is 11.8 Å². The highest BCUT2D eigenvalue weighted by Crippen LogP contribution is 2.39. The number of amides is 1. The second-order valence-electron chi connectivity index (χ2n) is 14.4. The summed E-state index contributed by atoms with van der Waals surface area (Å²) in [5.74, 6) is -0.516. The van der Waals surface area contributed by atoms with E-state index in [1.807, 2.05) is 68.1 Å². The van der Waals surface area contributed by atoms with Crippen LogP contribution in [0.2, 0.25) is 0 Å². The Kier molecular flexibility index (Phi) is 12.0. The third kappa shape index (κ3) is 8.87. The van der Waals surface area contributed by atoms with Gasteiger partial charge in [0.25, 0.3) is 0 Å². The van der Waals surface area contributed by atoms with Crippen molar-refractivity contribution in [3.63, 3.8) is 0 Å². The highest BCUT2D eigenvalue weighted by Gasteiger charge is 2.35. The topological polar surface area (TPSA) is 113 Å². The zero-order valence-corrected chi connectivity index (χ0v) is 31.8. The molecule has 0 radical (unpaired) electrons. The average molecular weight is 757 g/mol. The van der Waals surface area contributed by atoms with Gasteiger partial charge >= 0.3 is 12.1 Å². The number of hydrogen-bond acceptors (Lipinski definition) is 7. The molecule has 1 amide bonds. The summed E-state index contributed by atoms with van der Waals surface area (Å²) >= 11 is 0. The third-order valence-electron chi connectivity index (χ3n) is 10.8. The Balaban J connectivity index is 1.27. The SMILES string of the molecule is COc1cc(/C=C/c2cccc(-c3cccc(-c4cc(C)c(CNC[C@@H]5CCC(=O)N5)c(OC)n4)c3C)c2C)c(C(F)(F)F)cc1CN1CC[C@@H](C(=O)O)C1. The van der Waals surface area contributed by atoms with Gasteiger partial charge in [-0.3, -0.25) is 14.5 Å². The monoisotopic (exact) mass is 756 g/mol. The predicted octanol–water partition coefficient (Wildman–Crippen LogP) is 7.82. The number of likely N-dealkylation sites (tertiary alicyclic amines) is 1. The second-order valence-corrected chi connectivity index (χ2v) is 14.4. The first-order valence-electron chi connectivity index (χ1n) is 18.4. The highest BCUT2D eigenvalue weighted by atomic mass is 19.4. The lowest BCUT2D eigenvalue weighted by Gasteiger charge is -2.20. The van der Waals surface area contributed by atoms with E-state index in [2.05, 4.69) is 10.6 Å². The predicted molar refractivity (Wildman–Crippen MR) is 207 cm³/mol. The lowest BCUT2D eigenvalue weighted by Crippen LogP contribution is -2.35. The molecule has 0 saturated carbocycles. The number of carboxylic acids is 1. The number of rotatable bonds is 13. The van der Waals surface area contributed by atoms with E-state index >= 15 is 0 Å². The minimum absolute atomic E-state index is 0.0275. The number of aliphatic carboxylic acids is 1. The van der Waals surface area contributed by atoms with E-state index < -0.39 is 23.6 Å². The van der Waals surface area contributed by atoms with Crippen molar-refractivity contribution in [2.75, 3.05) is 33.9 Å². The van der Waals surface area contributed by atoms with Crippen LogP contribution in [0.25, 0.3) is 34.5 Å². The van der Waals surface area contributed by atoms with E-state index in [1.165, 1.54) is 19.3 Å². The Morgan fingerprint density at radius 1 is 0.982 bits per heavy atom. The van der Waals surface area contributed by atoms with Crippen molar-refractivity contribution in [3.8, 4) is 34.0 Å². The molecule has 0 spiro atoms. The normalized spacial score (nSPS) is 17.6. The van der Waals surface area contributed by atoms with Gasteiger partial charge in [0.1, 0.15) is 5.75 Å². The van der Waals surface area contributed by atoms with E-state index in [4.69, 9.17) is 14.5 Å². The molecule has 3 aromatic carbocycles. The fourth-order valence-electron chi connectivity index (χ4n) is 7.66. The van der Waals surface area contributed by atoms with Gasteiger partial charge in [-0.15, -0.1) is 0 Å². The van der Waals surface area contributed by atoms with Crippen LogP contribution < -0.4 is 20.1 Å². The maximum absolute atomic E-state index is 14.5. The Morgan fingerprint density at radius 2 is 1.69 bits per heavy atom. The van der Waals surface area contributed by atoms with Gasteiger partial charge in [-0.05, 0) is 97.3 Å². The molecule has 2 fully saturated rings. The summed E-state index contributed by atoms with van der Waals surface area (Å²) in [6.45, 7) is 8.14. The number of hydrogen-bond donors (Lipinski definition) is 3. The molecule has 4 aromatic rings. The maximum atomic E-state index is 14.5. The number of nitrogens with zero attached hydrogens (tertiary/aromatic N) is 2. The number of carbonyl (C=O) groups excluding carboxylic acids is 1. The summed E-state index contributed by atoms with van der Waals surface area (Å²) in [5.41, 5.74) is 7.78. The first-order chi connectivity index (χ1) is 26.3. The number of benzene rings is 3. The number of ether oxygens (including phenoxy) is 2. The molecule has 0 aliphatic carbocycles. The second kappa shape index (κ2) is 16.7. The molecule has 0 bridgehead atoms. The summed E-state index contributed by atoms with van der Waals surface area (Å²) in [6.07, 6.45) is 0.366. The van der Waals surface area contributed by atoms with Crippen LogP contribution in [0.3, 0.4) is 0 Å². The van der Waals surface area contributed by atoms with Gasteiger partial charge in [-0.2, -0.15) is 13.2 Å². The number of pyridine rings is 1. The summed E-state index contributed by atoms with van der Waals surface area (Å²) in [5, 5.41) is 15.8. The molecule has 2 saturated heterocycles. The molecule has 3 heterocycles. The molecular weight excluding hydrogens is 709 g/mol. The van der Waals surface area contributed by atoms with E-state index in [1.54, 1.807) is 13.2 Å². The van der Waals surface area contributed by atoms with Crippen molar-refractivity contribution in [1.82, 2.24) is 20.5 Å². The van der Waals surface area contributed by atoms with Crippen LogP contribution in [-0.2, 0) is 28.9 Å². The van der Waals surface area contributed by atoms with Gasteiger partial charge in [0, 0.05) is 55.3 Å². The van der Waals surface area contributed by atoms with Crippen LogP contribution in [0, 0.1) is 26.7 Å². The van der Waals surface area contributed by atoms with Gasteiger partial charge in [0.15, 0.2) is 0 Å². The fraction of sp³-hybridized carbons (Fsp3) is 0.372. The lowest BCUT2D eigenvalue weighted by molar-refractivity contribution is -0.141. The van der Waals surface area contributed by atoms with Gasteiger partial charge in [0.05, 0.1) is 31.4 Å². The zero-order valence-electron chi connectivity index (χ0n) is 31.8. The number of nitrogens with one attached hydrogen (secondary N) is 2. The maximum Gasteiger partial charge on any atom is 0.417 e. The van der Waals surface area contributed by atoms with Gasteiger partial charge in [-0.1, -0.05) is 48.6 Å². The summed E-state index contributed by atoms with van der Waals surface area (Å²) in [7, 11) is 3.03. The molecule has 1 aromatic heterocycles. The molecule has 6 rings (SSSR count). The summed E-state index contributed by atoms with van der Waals surface area (Å²) in [6, 6.07) is 16.5. The van der Waals surface area contributed by atoms with Crippen molar-refractivity contribution >= 4 is 24.0 Å². The van der Waals surface area contributed by atoms with Crippen molar-refractivity contribution in [3.05, 3.63) is 99.1 Å². The van der Waals surface area contributed by atoms with Crippen LogP contribution in [0.1, 0.15) is 63.8 Å². The van der Waals surface area contributed by atoms with Gasteiger partial charge < -0.3 is 25.2 Å². The molecule has 2 aliphatic rings. The van der Waals surface area contributed by atoms with Crippen LogP contribution in [-0.4, -0.2) is 66.8 Å². The lowest BCUT2D eigenvalue weighted by atomic mass is 9.90. The molecule has 9 nitrogen and oxygen atoms in total. The van der Waals surface area contributed by atoms with Crippen LogP contribution in [0.4, 0.5) is 13.2 Å². The van der Waals surface area contributed by atoms with Crippen molar-refractivity contribution in [2.45, 2.75) is 65.3 Å². The standard InChI is InChI=1S/C43H47F3N4O5/c1-25-18-38(49-41(55-5)36(25)22-47-21-32-14-15-40(51)48-32)35-11-7-10-34(27(35)3)33-9-6-8-28(26(33)2)12-13-29-20-39(54-4)31(19-37(29)43(44,45)46)24-50-17-16-30(23-50)42(52)53/h6-13,18-20,30,32,47H,14-17,21-24H2,1-5H3,(H,48,51)(H,52,53)/b13-12+/t30-,32+/m1/s1. The number of alkyl halides is 3. The first kappa shape index (κ1) is 39.5. The number of carboxylic acid groups (broad SMARTS) is 1. The minimum Gasteiger partial charge on any atom is -0.496 e. The number of halogens is 3. The van der Waals surface area contributed by atoms with E-state index in [9.17, 15) is 27.9 Å². The molecular formula is C43H47F3N4O5. The first-order valence-corrected chi connectivity index (χ1v) is 18.4. The quantitative estimate of drug-likeness (QED) is 0.119. The minimum atomic E-state index is -4.62. The average Bonchev–Trinajstić information content (AvgIpc) is 3.80. The molecule has 2 atom stereocenters. The molecule has 2 aliphatic heterocycles. The van der Waals surface area contributed by atoms with E-state index in [-0.39, 0.29) is 30.6 Å². The Bertz CT molecular complexity index is 2120. The van der Waals surface area contributed by atoms with Crippen LogP contribution in [0.15, 0.2) is 54.6 Å². The van der Waals surface area contributed by atoms with Crippen molar-refractivity contribution in [1.29, 1.82) is 0 Å². The number of methoxy groups -OCH3 is 2. The molecule has 0 unspecified atom stereocenters. The smallest absolute Gasteiger partial charge is 0.417 e. The summed E-state index contributed by atoms with van der Waals surface area (Å²) < 4.78 is 54.7. The van der Waals surface area contributed by atoms with Gasteiger partial charge in [-0.25, -0.2) is 4.98 Å². The van der Waals surface area contributed by atoms with Crippen molar-refractivity contribution < 1.29 is 37.3 Å². The molecule has 290 valence electrons. The van der Waals surface area contributed by atoms with E-state index in [0.717, 1.165) is 62.7 Å². The highest BCUT2D eigenvalue weighted by molar-refractivity contribution is 5.83. The van der Waals surface area contributed by atoms with E-state index in [0.29, 0.717) is 49.7 Å². The number of aryl methyl sites for hydroxylation is 1.